The Labute approximate surface area is 118 Å². The topological polar surface area (TPSA) is 69.3 Å². The van der Waals surface area contributed by atoms with Crippen LogP contribution in [0.3, 0.4) is 0 Å². The zero-order valence-electron chi connectivity index (χ0n) is 12.5. The number of hydrogen-bond acceptors (Lipinski definition) is 4. The lowest BCUT2D eigenvalue weighted by Gasteiger charge is -2.19. The van der Waals surface area contributed by atoms with Gasteiger partial charge in [-0.15, -0.1) is 0 Å². The maximum Gasteiger partial charge on any atom is 0.252 e. The number of likely N-dealkylation sites (tertiary alicyclic amines) is 1. The summed E-state index contributed by atoms with van der Waals surface area (Å²) >= 11 is 0. The van der Waals surface area contributed by atoms with Crippen molar-refractivity contribution in [3.8, 4) is 0 Å². The molecule has 2 heterocycles. The molecule has 0 bridgehead atoms. The van der Waals surface area contributed by atoms with E-state index in [1.54, 1.807) is 11.0 Å². The average Bonchev–Trinajstić information content (AvgIpc) is 2.86. The van der Waals surface area contributed by atoms with Gasteiger partial charge >= 0.3 is 0 Å². The van der Waals surface area contributed by atoms with Crippen LogP contribution in [0.25, 0.3) is 0 Å². The number of aromatic amines is 1. The van der Waals surface area contributed by atoms with E-state index in [2.05, 4.69) is 9.97 Å². The van der Waals surface area contributed by atoms with Gasteiger partial charge in [0.2, 0.25) is 11.9 Å². The molecule has 2 rings (SSSR count). The molecule has 1 aliphatic rings. The van der Waals surface area contributed by atoms with Gasteiger partial charge in [0.15, 0.2) is 0 Å². The molecule has 1 N–H and O–H groups in total. The van der Waals surface area contributed by atoms with Gasteiger partial charge in [0.05, 0.1) is 5.69 Å². The van der Waals surface area contributed by atoms with Crippen LogP contribution in [0.15, 0.2) is 10.9 Å². The maximum absolute atomic E-state index is 12.0. The van der Waals surface area contributed by atoms with Gasteiger partial charge in [0.1, 0.15) is 0 Å². The Morgan fingerprint density at radius 3 is 2.80 bits per heavy atom. The Balaban J connectivity index is 2.18. The molecule has 0 aromatic carbocycles. The number of hydrogen-bond donors (Lipinski definition) is 1. The zero-order chi connectivity index (χ0) is 14.9. The van der Waals surface area contributed by atoms with Crippen LogP contribution in [0.4, 0.5) is 5.95 Å². The van der Waals surface area contributed by atoms with Crippen LogP contribution < -0.4 is 10.5 Å². The molecule has 1 fully saturated rings. The maximum atomic E-state index is 12.0. The number of anilines is 1. The van der Waals surface area contributed by atoms with Crippen molar-refractivity contribution in [3.63, 3.8) is 0 Å². The van der Waals surface area contributed by atoms with Crippen molar-refractivity contribution in [2.45, 2.75) is 26.2 Å². The summed E-state index contributed by atoms with van der Waals surface area (Å²) in [6, 6.07) is 1.54. The molecule has 0 aliphatic carbocycles. The minimum atomic E-state index is -0.146. The minimum absolute atomic E-state index is 0.0122. The third-order valence-corrected chi connectivity index (χ3v) is 3.58. The number of H-pyrrole nitrogens is 1. The summed E-state index contributed by atoms with van der Waals surface area (Å²) in [7, 11) is 3.68. The number of aromatic nitrogens is 2. The van der Waals surface area contributed by atoms with Crippen molar-refractivity contribution in [1.82, 2.24) is 14.9 Å². The van der Waals surface area contributed by atoms with Gasteiger partial charge < -0.3 is 9.80 Å². The Bertz CT molecular complexity index is 550. The molecule has 1 amide bonds. The molecule has 0 radical (unpaired) electrons. The van der Waals surface area contributed by atoms with Crippen molar-refractivity contribution in [3.05, 3.63) is 22.1 Å². The van der Waals surface area contributed by atoms with Gasteiger partial charge in [0, 0.05) is 45.1 Å². The first-order valence-electron chi connectivity index (χ1n) is 6.96. The van der Waals surface area contributed by atoms with E-state index in [-0.39, 0.29) is 23.3 Å². The summed E-state index contributed by atoms with van der Waals surface area (Å²) in [5.41, 5.74) is 0.629. The van der Waals surface area contributed by atoms with Crippen LogP contribution in [-0.4, -0.2) is 48.0 Å². The lowest BCUT2D eigenvalue weighted by molar-refractivity contribution is -0.133. The number of nitrogens with one attached hydrogen (secondary N) is 1. The van der Waals surface area contributed by atoms with E-state index < -0.39 is 0 Å². The Hall–Kier alpha value is -1.85. The lowest BCUT2D eigenvalue weighted by Crippen LogP contribution is -2.32. The van der Waals surface area contributed by atoms with E-state index >= 15 is 0 Å². The molecule has 1 aromatic rings. The zero-order valence-corrected chi connectivity index (χ0v) is 12.5. The number of amides is 1. The van der Waals surface area contributed by atoms with Gasteiger partial charge in [-0.3, -0.25) is 14.6 Å². The number of rotatable bonds is 3. The van der Waals surface area contributed by atoms with Gasteiger partial charge in [-0.25, -0.2) is 4.98 Å². The first-order chi connectivity index (χ1) is 9.38. The highest BCUT2D eigenvalue weighted by molar-refractivity contribution is 5.78. The van der Waals surface area contributed by atoms with E-state index in [4.69, 9.17) is 0 Å². The minimum Gasteiger partial charge on any atom is -0.348 e. The van der Waals surface area contributed by atoms with Crippen LogP contribution in [0.5, 0.6) is 0 Å². The molecular weight excluding hydrogens is 256 g/mol. The van der Waals surface area contributed by atoms with Crippen LogP contribution in [0, 0.1) is 5.92 Å². The molecule has 6 heteroatoms. The molecule has 1 saturated heterocycles. The van der Waals surface area contributed by atoms with Crippen molar-refractivity contribution >= 4 is 11.9 Å². The fraction of sp³-hybridized carbons (Fsp3) is 0.643. The second-order valence-corrected chi connectivity index (χ2v) is 5.81. The number of carbonyl (C=O) groups is 1. The summed E-state index contributed by atoms with van der Waals surface area (Å²) < 4.78 is 0. The van der Waals surface area contributed by atoms with Crippen molar-refractivity contribution in [2.24, 2.45) is 5.92 Å². The second kappa shape index (κ2) is 5.64. The summed E-state index contributed by atoms with van der Waals surface area (Å²) in [4.78, 5) is 34.5. The van der Waals surface area contributed by atoms with E-state index in [0.29, 0.717) is 12.5 Å². The molecule has 110 valence electrons. The van der Waals surface area contributed by atoms with Crippen LogP contribution in [0.2, 0.25) is 0 Å². The summed E-state index contributed by atoms with van der Waals surface area (Å²) in [6.07, 6.45) is 0.863. The number of nitrogens with zero attached hydrogens (tertiary/aromatic N) is 3. The Kier molecular flexibility index (Phi) is 4.11. The Morgan fingerprint density at radius 1 is 1.50 bits per heavy atom. The van der Waals surface area contributed by atoms with Gasteiger partial charge in [0.25, 0.3) is 5.56 Å². The molecule has 0 spiro atoms. The van der Waals surface area contributed by atoms with Crippen molar-refractivity contribution in [2.75, 3.05) is 32.1 Å². The number of carbonyl (C=O) groups excluding carboxylic acids is 1. The summed E-state index contributed by atoms with van der Waals surface area (Å²) in [6.45, 7) is 5.21. The van der Waals surface area contributed by atoms with E-state index in [1.807, 2.05) is 32.8 Å². The van der Waals surface area contributed by atoms with Crippen LogP contribution in [-0.2, 0) is 4.79 Å². The normalized spacial score (nSPS) is 18.6. The third kappa shape index (κ3) is 3.00. The van der Waals surface area contributed by atoms with Crippen LogP contribution >= 0.6 is 0 Å². The summed E-state index contributed by atoms with van der Waals surface area (Å²) in [5, 5.41) is 0. The molecule has 20 heavy (non-hydrogen) atoms. The van der Waals surface area contributed by atoms with Gasteiger partial charge in [-0.2, -0.15) is 0 Å². The van der Waals surface area contributed by atoms with Gasteiger partial charge in [-0.1, -0.05) is 13.8 Å². The molecule has 1 atom stereocenters. The molecule has 1 aromatic heterocycles. The predicted molar refractivity (Wildman–Crippen MR) is 78.0 cm³/mol. The molecular formula is C14H22N4O2. The van der Waals surface area contributed by atoms with Crippen molar-refractivity contribution < 1.29 is 4.79 Å². The van der Waals surface area contributed by atoms with Gasteiger partial charge in [-0.05, 0) is 6.42 Å². The second-order valence-electron chi connectivity index (χ2n) is 5.81. The SMILES string of the molecule is CC(C)C(=O)N1CCC(c2cc(=O)[nH]c(N(C)C)n2)C1. The highest BCUT2D eigenvalue weighted by atomic mass is 16.2. The molecule has 1 aliphatic heterocycles. The van der Waals surface area contributed by atoms with Crippen molar-refractivity contribution in [1.29, 1.82) is 0 Å². The standard InChI is InChI=1S/C14H22N4O2/c1-9(2)13(20)18-6-5-10(8-18)11-7-12(19)16-14(15-11)17(3)4/h7,9-10H,5-6,8H2,1-4H3,(H,15,16,19). The van der Waals surface area contributed by atoms with E-state index in [0.717, 1.165) is 18.7 Å². The predicted octanol–water partition coefficient (Wildman–Crippen LogP) is 0.808. The van der Waals surface area contributed by atoms with Crippen LogP contribution in [0.1, 0.15) is 31.9 Å². The molecule has 0 saturated carbocycles. The fourth-order valence-electron chi connectivity index (χ4n) is 2.45. The lowest BCUT2D eigenvalue weighted by atomic mass is 10.0. The first kappa shape index (κ1) is 14.6. The Morgan fingerprint density at radius 2 is 2.20 bits per heavy atom. The van der Waals surface area contributed by atoms with E-state index in [9.17, 15) is 9.59 Å². The summed E-state index contributed by atoms with van der Waals surface area (Å²) in [5.74, 6) is 0.892. The third-order valence-electron chi connectivity index (χ3n) is 3.58. The molecule has 6 nitrogen and oxygen atoms in total. The fourth-order valence-corrected chi connectivity index (χ4v) is 2.45. The molecule has 1 unspecified atom stereocenters. The van der Waals surface area contributed by atoms with E-state index in [1.165, 1.54) is 0 Å². The largest absolute Gasteiger partial charge is 0.348 e. The highest BCUT2D eigenvalue weighted by Crippen LogP contribution is 2.26. The highest BCUT2D eigenvalue weighted by Gasteiger charge is 2.29. The quantitative estimate of drug-likeness (QED) is 0.888. The average molecular weight is 278 g/mol. The first-order valence-corrected chi connectivity index (χ1v) is 6.96. The monoisotopic (exact) mass is 278 g/mol. The smallest absolute Gasteiger partial charge is 0.252 e.